The van der Waals surface area contributed by atoms with Gasteiger partial charge in [0.25, 0.3) is 0 Å². The van der Waals surface area contributed by atoms with Gasteiger partial charge in [0.2, 0.25) is 11.0 Å². The molecule has 21 heavy (non-hydrogen) atoms. The Balaban J connectivity index is 2.27. The normalized spacial score (nSPS) is 10.9. The number of thiazole rings is 1. The molecule has 0 bridgehead atoms. The molecule has 0 saturated carbocycles. The third-order valence-electron chi connectivity index (χ3n) is 3.44. The molecule has 2 aromatic rings. The van der Waals surface area contributed by atoms with Crippen molar-refractivity contribution < 1.29 is 4.79 Å². The van der Waals surface area contributed by atoms with Gasteiger partial charge in [-0.15, -0.1) is 0 Å². The van der Waals surface area contributed by atoms with Crippen LogP contribution in [0.1, 0.15) is 27.5 Å². The minimum Gasteiger partial charge on any atom is -0.355 e. The van der Waals surface area contributed by atoms with Crippen molar-refractivity contribution in [3.8, 4) is 5.13 Å². The van der Waals surface area contributed by atoms with Crippen molar-refractivity contribution in [2.45, 2.75) is 34.1 Å². The van der Waals surface area contributed by atoms with Gasteiger partial charge in [-0.2, -0.15) is 5.10 Å². The van der Waals surface area contributed by atoms with Gasteiger partial charge >= 0.3 is 0 Å². The van der Waals surface area contributed by atoms with E-state index < -0.39 is 0 Å². The lowest BCUT2D eigenvalue weighted by Crippen LogP contribution is -2.30. The minimum atomic E-state index is -0.0299. The number of aryl methyl sites for hydroxylation is 3. The second kappa shape index (κ2) is 6.36. The lowest BCUT2D eigenvalue weighted by Gasteiger charge is -2.04. The Labute approximate surface area is 128 Å². The number of aromatic nitrogens is 3. The Bertz CT molecular complexity index is 639. The molecule has 0 radical (unpaired) electrons. The largest absolute Gasteiger partial charge is 0.355 e. The van der Waals surface area contributed by atoms with Crippen LogP contribution in [0.3, 0.4) is 0 Å². The summed E-state index contributed by atoms with van der Waals surface area (Å²) in [6, 6.07) is 0. The number of carbonyl (C=O) groups is 1. The Morgan fingerprint density at radius 1 is 1.29 bits per heavy atom. The smallest absolute Gasteiger partial charge is 0.224 e. The quantitative estimate of drug-likeness (QED) is 0.868. The van der Waals surface area contributed by atoms with Gasteiger partial charge in [-0.1, -0.05) is 11.3 Å². The molecule has 0 fully saturated rings. The second-order valence-electron chi connectivity index (χ2n) is 5.01. The number of nitrogens with two attached hydrogens (primary N) is 1. The van der Waals surface area contributed by atoms with Crippen molar-refractivity contribution in [3.63, 3.8) is 0 Å². The first-order valence-electron chi connectivity index (χ1n) is 6.90. The van der Waals surface area contributed by atoms with E-state index in [-0.39, 0.29) is 5.91 Å². The summed E-state index contributed by atoms with van der Waals surface area (Å²) in [6.45, 7) is 8.86. The molecular weight excluding hydrogens is 286 g/mol. The van der Waals surface area contributed by atoms with E-state index in [9.17, 15) is 4.79 Å². The summed E-state index contributed by atoms with van der Waals surface area (Å²) >= 11 is 1.61. The zero-order chi connectivity index (χ0) is 15.6. The van der Waals surface area contributed by atoms with Gasteiger partial charge in [0.15, 0.2) is 0 Å². The zero-order valence-corrected chi connectivity index (χ0v) is 13.7. The third kappa shape index (κ3) is 3.30. The van der Waals surface area contributed by atoms with E-state index in [1.807, 2.05) is 32.4 Å². The van der Waals surface area contributed by atoms with E-state index in [0.29, 0.717) is 19.5 Å². The summed E-state index contributed by atoms with van der Waals surface area (Å²) in [5.74, 6) is -0.0299. The zero-order valence-electron chi connectivity index (χ0n) is 12.9. The molecule has 2 rings (SSSR count). The number of hydrogen-bond donors (Lipinski definition) is 2. The van der Waals surface area contributed by atoms with Crippen molar-refractivity contribution in [1.82, 2.24) is 20.1 Å². The Morgan fingerprint density at radius 2 is 2.00 bits per heavy atom. The van der Waals surface area contributed by atoms with Crippen LogP contribution in [0, 0.1) is 27.7 Å². The molecule has 7 heteroatoms. The maximum Gasteiger partial charge on any atom is 0.224 e. The topological polar surface area (TPSA) is 85.8 Å². The highest BCUT2D eigenvalue weighted by atomic mass is 32.1. The Kier molecular flexibility index (Phi) is 4.74. The van der Waals surface area contributed by atoms with Crippen LogP contribution >= 0.6 is 11.3 Å². The van der Waals surface area contributed by atoms with Gasteiger partial charge in [0.05, 0.1) is 17.8 Å². The molecule has 0 aromatic carbocycles. The highest BCUT2D eigenvalue weighted by Crippen LogP contribution is 2.24. The molecule has 2 aromatic heterocycles. The molecular formula is C14H21N5OS. The number of carbonyl (C=O) groups excluding carboxylic acids is 1. The monoisotopic (exact) mass is 307 g/mol. The molecule has 0 spiro atoms. The fraction of sp³-hybridized carbons (Fsp3) is 0.500. The molecule has 0 unspecified atom stereocenters. The fourth-order valence-electron chi connectivity index (χ4n) is 2.10. The summed E-state index contributed by atoms with van der Waals surface area (Å²) in [5.41, 5.74) is 9.18. The molecule has 0 atom stereocenters. The van der Waals surface area contributed by atoms with Crippen LogP contribution in [-0.4, -0.2) is 33.8 Å². The average Bonchev–Trinajstić information content (AvgIpc) is 2.91. The fourth-order valence-corrected chi connectivity index (χ4v) is 3.01. The molecule has 0 aliphatic rings. The number of nitrogens with zero attached hydrogens (tertiary/aromatic N) is 3. The summed E-state index contributed by atoms with van der Waals surface area (Å²) < 4.78 is 1.82. The van der Waals surface area contributed by atoms with Crippen LogP contribution in [0.25, 0.3) is 5.13 Å². The predicted molar refractivity (Wildman–Crippen MR) is 84.0 cm³/mol. The van der Waals surface area contributed by atoms with E-state index in [2.05, 4.69) is 15.4 Å². The molecule has 0 aliphatic carbocycles. The van der Waals surface area contributed by atoms with Crippen molar-refractivity contribution >= 4 is 17.2 Å². The van der Waals surface area contributed by atoms with Crippen molar-refractivity contribution in [3.05, 3.63) is 27.5 Å². The molecule has 3 N–H and O–H groups in total. The number of nitrogens with one attached hydrogen (secondary N) is 1. The van der Waals surface area contributed by atoms with Gasteiger partial charge in [0, 0.05) is 29.2 Å². The summed E-state index contributed by atoms with van der Waals surface area (Å²) in [6.07, 6.45) is 0.320. The third-order valence-corrected chi connectivity index (χ3v) is 4.49. The van der Waals surface area contributed by atoms with Crippen LogP contribution in [0.2, 0.25) is 0 Å². The molecule has 0 saturated heterocycles. The Hall–Kier alpha value is -1.73. The van der Waals surface area contributed by atoms with E-state index >= 15 is 0 Å². The standard InChI is InChI=1S/C14H21N5OS/c1-8-11(4)21-14(17-8)19-10(3)12(9(2)18-19)7-13(20)16-6-5-15/h5-7,15H2,1-4H3,(H,16,20). The van der Waals surface area contributed by atoms with Crippen LogP contribution in [0.4, 0.5) is 0 Å². The van der Waals surface area contributed by atoms with Gasteiger partial charge in [-0.3, -0.25) is 4.79 Å². The van der Waals surface area contributed by atoms with Crippen LogP contribution in [0.5, 0.6) is 0 Å². The summed E-state index contributed by atoms with van der Waals surface area (Å²) in [7, 11) is 0. The van der Waals surface area contributed by atoms with Crippen LogP contribution in [0.15, 0.2) is 0 Å². The molecule has 114 valence electrons. The van der Waals surface area contributed by atoms with Gasteiger partial charge in [0.1, 0.15) is 0 Å². The number of hydrogen-bond acceptors (Lipinski definition) is 5. The van der Waals surface area contributed by atoms with E-state index in [0.717, 1.165) is 27.8 Å². The highest BCUT2D eigenvalue weighted by molar-refractivity contribution is 7.14. The van der Waals surface area contributed by atoms with E-state index in [1.54, 1.807) is 11.3 Å². The minimum absolute atomic E-state index is 0.0299. The summed E-state index contributed by atoms with van der Waals surface area (Å²) in [4.78, 5) is 17.6. The second-order valence-corrected chi connectivity index (χ2v) is 6.20. The first kappa shape index (κ1) is 15.7. The molecule has 2 heterocycles. The maximum atomic E-state index is 11.9. The molecule has 0 aliphatic heterocycles. The lowest BCUT2D eigenvalue weighted by molar-refractivity contribution is -0.120. The number of amides is 1. The van der Waals surface area contributed by atoms with Crippen molar-refractivity contribution in [2.24, 2.45) is 5.73 Å². The first-order valence-corrected chi connectivity index (χ1v) is 7.72. The van der Waals surface area contributed by atoms with Crippen molar-refractivity contribution in [1.29, 1.82) is 0 Å². The van der Waals surface area contributed by atoms with Gasteiger partial charge in [-0.25, -0.2) is 9.67 Å². The maximum absolute atomic E-state index is 11.9. The van der Waals surface area contributed by atoms with Crippen LogP contribution < -0.4 is 11.1 Å². The Morgan fingerprint density at radius 3 is 2.57 bits per heavy atom. The summed E-state index contributed by atoms with van der Waals surface area (Å²) in [5, 5.41) is 8.16. The molecule has 6 nitrogen and oxygen atoms in total. The van der Waals surface area contributed by atoms with Crippen molar-refractivity contribution in [2.75, 3.05) is 13.1 Å². The lowest BCUT2D eigenvalue weighted by atomic mass is 10.1. The van der Waals surface area contributed by atoms with Gasteiger partial charge < -0.3 is 11.1 Å². The predicted octanol–water partition coefficient (Wildman–Crippen LogP) is 1.18. The van der Waals surface area contributed by atoms with E-state index in [1.165, 1.54) is 4.88 Å². The van der Waals surface area contributed by atoms with Crippen LogP contribution in [-0.2, 0) is 11.2 Å². The highest BCUT2D eigenvalue weighted by Gasteiger charge is 2.17. The SMILES string of the molecule is Cc1nc(-n2nc(C)c(CC(=O)NCCN)c2C)sc1C. The van der Waals surface area contributed by atoms with E-state index in [4.69, 9.17) is 5.73 Å². The molecule has 1 amide bonds. The van der Waals surface area contributed by atoms with Gasteiger partial charge in [-0.05, 0) is 27.7 Å². The average molecular weight is 307 g/mol. The first-order chi connectivity index (χ1) is 9.93. The number of rotatable bonds is 5.